The Hall–Kier alpha value is -2.81. The number of aromatic hydroxyl groups is 1. The molecule has 3 heterocycles. The molecule has 128 valence electrons. The number of carbonyl (C=O) groups is 2. The molecule has 0 aliphatic carbocycles. The van der Waals surface area contributed by atoms with Gasteiger partial charge in [-0.25, -0.2) is 4.68 Å². The minimum atomic E-state index is -1.23. The third-order valence-corrected chi connectivity index (χ3v) is 4.25. The minimum Gasteiger partial charge on any atom is -0.505 e. The first-order chi connectivity index (χ1) is 11.3. The van der Waals surface area contributed by atoms with Gasteiger partial charge >= 0.3 is 5.97 Å². The second-order valence-corrected chi connectivity index (χ2v) is 5.93. The SMILES string of the molecule is CN1CCc2c(cc3c(O)c(C(=O)NCC(=O)O)c(=O)n(C)n23)C1. The number of nitrogens with one attached hydrogen (secondary N) is 1. The summed E-state index contributed by atoms with van der Waals surface area (Å²) in [5, 5.41) is 21.2. The quantitative estimate of drug-likeness (QED) is 0.673. The van der Waals surface area contributed by atoms with Crippen LogP contribution in [0.25, 0.3) is 5.52 Å². The lowest BCUT2D eigenvalue weighted by atomic mass is 10.1. The van der Waals surface area contributed by atoms with Crippen LogP contribution in [0.4, 0.5) is 0 Å². The van der Waals surface area contributed by atoms with Gasteiger partial charge in [-0.15, -0.1) is 0 Å². The number of nitrogens with zero attached hydrogens (tertiary/aromatic N) is 3. The van der Waals surface area contributed by atoms with Gasteiger partial charge in [-0.2, -0.15) is 0 Å². The lowest BCUT2D eigenvalue weighted by Crippen LogP contribution is -2.37. The molecule has 0 spiro atoms. The molecule has 0 radical (unpaired) electrons. The molecule has 2 aromatic heterocycles. The topological polar surface area (TPSA) is 116 Å². The number of carbonyl (C=O) groups excluding carboxylic acids is 1. The summed E-state index contributed by atoms with van der Waals surface area (Å²) in [6.07, 6.45) is 0.720. The first-order valence-corrected chi connectivity index (χ1v) is 7.45. The van der Waals surface area contributed by atoms with Gasteiger partial charge in [0.05, 0.1) is 0 Å². The molecule has 24 heavy (non-hydrogen) atoms. The fourth-order valence-electron chi connectivity index (χ4n) is 3.10. The Morgan fingerprint density at radius 1 is 1.33 bits per heavy atom. The zero-order valence-corrected chi connectivity index (χ0v) is 13.4. The van der Waals surface area contributed by atoms with Crippen LogP contribution in [0.3, 0.4) is 0 Å². The van der Waals surface area contributed by atoms with Crippen LogP contribution >= 0.6 is 0 Å². The predicted molar refractivity (Wildman–Crippen MR) is 84.3 cm³/mol. The zero-order valence-electron chi connectivity index (χ0n) is 13.4. The van der Waals surface area contributed by atoms with Crippen molar-refractivity contribution < 1.29 is 19.8 Å². The van der Waals surface area contributed by atoms with Crippen molar-refractivity contribution in [3.8, 4) is 5.75 Å². The molecule has 0 bridgehead atoms. The fraction of sp³-hybridized carbons (Fsp3) is 0.400. The van der Waals surface area contributed by atoms with E-state index in [0.717, 1.165) is 24.2 Å². The summed E-state index contributed by atoms with van der Waals surface area (Å²) in [5.41, 5.74) is 1.14. The highest BCUT2D eigenvalue weighted by molar-refractivity contribution is 5.99. The van der Waals surface area contributed by atoms with Crippen LogP contribution in [-0.4, -0.2) is 56.3 Å². The van der Waals surface area contributed by atoms with E-state index in [-0.39, 0.29) is 0 Å². The normalized spacial score (nSPS) is 14.6. The van der Waals surface area contributed by atoms with E-state index < -0.39 is 35.3 Å². The van der Waals surface area contributed by atoms with E-state index in [4.69, 9.17) is 5.11 Å². The van der Waals surface area contributed by atoms with Crippen LogP contribution in [-0.2, 0) is 24.8 Å². The number of carboxylic acid groups (broad SMARTS) is 1. The molecule has 0 saturated carbocycles. The van der Waals surface area contributed by atoms with Crippen molar-refractivity contribution in [1.29, 1.82) is 0 Å². The van der Waals surface area contributed by atoms with Crippen molar-refractivity contribution in [2.45, 2.75) is 13.0 Å². The van der Waals surface area contributed by atoms with E-state index >= 15 is 0 Å². The summed E-state index contributed by atoms with van der Waals surface area (Å²) in [6, 6.07) is 1.76. The molecule has 3 rings (SSSR count). The number of fused-ring (bicyclic) bond motifs is 3. The molecule has 2 aromatic rings. The van der Waals surface area contributed by atoms with Crippen molar-refractivity contribution >= 4 is 17.4 Å². The molecule has 0 saturated heterocycles. The van der Waals surface area contributed by atoms with Gasteiger partial charge < -0.3 is 20.4 Å². The van der Waals surface area contributed by atoms with E-state index in [2.05, 4.69) is 10.2 Å². The van der Waals surface area contributed by atoms with Crippen molar-refractivity contribution in [3.05, 3.63) is 33.2 Å². The second kappa shape index (κ2) is 5.68. The van der Waals surface area contributed by atoms with E-state index in [0.29, 0.717) is 12.1 Å². The number of carboxylic acids is 1. The van der Waals surface area contributed by atoms with E-state index in [9.17, 15) is 19.5 Å². The number of aliphatic carboxylic acids is 1. The van der Waals surface area contributed by atoms with Crippen molar-refractivity contribution in [2.75, 3.05) is 20.1 Å². The average molecular weight is 334 g/mol. The Labute approximate surface area is 136 Å². The van der Waals surface area contributed by atoms with Gasteiger partial charge in [0.15, 0.2) is 5.75 Å². The molecule has 0 atom stereocenters. The first kappa shape index (κ1) is 16.1. The molecule has 0 fully saturated rings. The maximum Gasteiger partial charge on any atom is 0.322 e. The summed E-state index contributed by atoms with van der Waals surface area (Å²) in [6.45, 7) is 0.884. The zero-order chi connectivity index (χ0) is 17.6. The maximum atomic E-state index is 12.5. The second-order valence-electron chi connectivity index (χ2n) is 5.93. The Balaban J connectivity index is 2.18. The number of amides is 1. The summed E-state index contributed by atoms with van der Waals surface area (Å²) in [5.74, 6) is -2.57. The van der Waals surface area contributed by atoms with Gasteiger partial charge in [-0.05, 0) is 18.7 Å². The van der Waals surface area contributed by atoms with Crippen molar-refractivity contribution in [1.82, 2.24) is 19.4 Å². The fourth-order valence-corrected chi connectivity index (χ4v) is 3.10. The van der Waals surface area contributed by atoms with Gasteiger partial charge in [0, 0.05) is 32.3 Å². The molecule has 1 aliphatic rings. The molecule has 1 aliphatic heterocycles. The monoisotopic (exact) mass is 334 g/mol. The van der Waals surface area contributed by atoms with Gasteiger partial charge in [0.2, 0.25) is 0 Å². The number of hydrogen-bond acceptors (Lipinski definition) is 5. The molecule has 1 amide bonds. The predicted octanol–water partition coefficient (Wildman–Crippen LogP) is -0.854. The first-order valence-electron chi connectivity index (χ1n) is 7.45. The van der Waals surface area contributed by atoms with Crippen molar-refractivity contribution in [3.63, 3.8) is 0 Å². The number of likely N-dealkylation sites (N-methyl/N-ethyl adjacent to an activating group) is 1. The third-order valence-electron chi connectivity index (χ3n) is 4.25. The average Bonchev–Trinajstić information content (AvgIpc) is 2.89. The highest BCUT2D eigenvalue weighted by Gasteiger charge is 2.26. The molecule has 9 heteroatoms. The highest BCUT2D eigenvalue weighted by Crippen LogP contribution is 2.28. The summed E-state index contributed by atoms with van der Waals surface area (Å²) >= 11 is 0. The summed E-state index contributed by atoms with van der Waals surface area (Å²) in [7, 11) is 3.50. The Morgan fingerprint density at radius 2 is 2.04 bits per heavy atom. The number of aromatic nitrogens is 2. The van der Waals surface area contributed by atoms with Gasteiger partial charge in [-0.1, -0.05) is 0 Å². The number of rotatable bonds is 3. The highest BCUT2D eigenvalue weighted by atomic mass is 16.4. The number of hydrogen-bond donors (Lipinski definition) is 3. The lowest BCUT2D eigenvalue weighted by molar-refractivity contribution is -0.135. The van der Waals surface area contributed by atoms with E-state index in [1.807, 2.05) is 7.05 Å². The molecule has 0 aromatic carbocycles. The lowest BCUT2D eigenvalue weighted by Gasteiger charge is -2.23. The van der Waals surface area contributed by atoms with Crippen LogP contribution in [0.15, 0.2) is 10.9 Å². The van der Waals surface area contributed by atoms with Gasteiger partial charge in [0.1, 0.15) is 17.6 Å². The molecule has 0 unspecified atom stereocenters. The Morgan fingerprint density at radius 3 is 2.71 bits per heavy atom. The van der Waals surface area contributed by atoms with E-state index in [1.165, 1.54) is 11.7 Å². The molecule has 9 nitrogen and oxygen atoms in total. The van der Waals surface area contributed by atoms with Crippen LogP contribution in [0.1, 0.15) is 21.6 Å². The smallest absolute Gasteiger partial charge is 0.322 e. The Bertz CT molecular complexity index is 911. The summed E-state index contributed by atoms with van der Waals surface area (Å²) in [4.78, 5) is 37.3. The van der Waals surface area contributed by atoms with Crippen LogP contribution in [0.2, 0.25) is 0 Å². The van der Waals surface area contributed by atoms with E-state index in [1.54, 1.807) is 10.6 Å². The maximum absolute atomic E-state index is 12.5. The molecular weight excluding hydrogens is 316 g/mol. The standard InChI is InChI=1S/C15H18N4O5/c1-17-4-3-9-8(7-17)5-10-13(22)12(14(23)16-6-11(20)21)15(24)18(2)19(9)10/h5,22H,3-4,6-7H2,1-2H3,(H,16,23)(H,20,21). The third kappa shape index (κ3) is 2.42. The van der Waals surface area contributed by atoms with Crippen LogP contribution < -0.4 is 10.9 Å². The van der Waals surface area contributed by atoms with Gasteiger partial charge in [-0.3, -0.25) is 18.9 Å². The van der Waals surface area contributed by atoms with Gasteiger partial charge in [0.25, 0.3) is 11.5 Å². The van der Waals surface area contributed by atoms with Crippen molar-refractivity contribution in [2.24, 2.45) is 7.05 Å². The number of aryl methyl sites for hydroxylation is 1. The van der Waals surface area contributed by atoms with Crippen LogP contribution in [0, 0.1) is 0 Å². The van der Waals surface area contributed by atoms with Crippen LogP contribution in [0.5, 0.6) is 5.75 Å². The molecular formula is C15H18N4O5. The largest absolute Gasteiger partial charge is 0.505 e. The summed E-state index contributed by atoms with van der Waals surface area (Å²) < 4.78 is 2.89. The Kier molecular flexibility index (Phi) is 3.80. The molecule has 3 N–H and O–H groups in total. The minimum absolute atomic E-state index is 0.359.